The maximum Gasteiger partial charge on any atom is 0.376 e. The van der Waals surface area contributed by atoms with Gasteiger partial charge in [0.1, 0.15) is 5.58 Å². The lowest BCUT2D eigenvalue weighted by Crippen LogP contribution is -2.07. The lowest BCUT2D eigenvalue weighted by molar-refractivity contribution is -0.0294. The Balaban J connectivity index is 2.15. The minimum atomic E-state index is -0.548. The molecule has 0 atom stereocenters. The van der Waals surface area contributed by atoms with Crippen LogP contribution in [0.4, 0.5) is 5.69 Å². The highest BCUT2D eigenvalue weighted by molar-refractivity contribution is 5.93. The van der Waals surface area contributed by atoms with Crippen molar-refractivity contribution in [2.24, 2.45) is 0 Å². The summed E-state index contributed by atoms with van der Waals surface area (Å²) in [4.78, 5) is 11.5. The number of fused-ring (bicyclic) bond motifs is 1. The number of carbonyl (C=O) groups is 1. The molecule has 17 heavy (non-hydrogen) atoms. The number of hydrogen-bond donors (Lipinski definition) is 1. The van der Waals surface area contributed by atoms with Crippen LogP contribution < -0.4 is 5.73 Å². The van der Waals surface area contributed by atoms with E-state index in [1.165, 1.54) is 0 Å². The highest BCUT2D eigenvalue weighted by atomic mass is 16.7. The molecule has 2 N–H and O–H groups in total. The summed E-state index contributed by atoms with van der Waals surface area (Å²) in [7, 11) is 0. The molecule has 0 fully saturated rings. The van der Waals surface area contributed by atoms with Crippen molar-refractivity contribution in [1.29, 1.82) is 0 Å². The molecule has 90 valence electrons. The Morgan fingerprint density at radius 3 is 3.00 bits per heavy atom. The number of nitrogen functional groups attached to an aromatic ring is 1. The molecule has 0 amide bonds. The molecule has 1 heterocycles. The first-order chi connectivity index (χ1) is 8.20. The summed E-state index contributed by atoms with van der Waals surface area (Å²) in [6, 6.07) is 6.75. The van der Waals surface area contributed by atoms with E-state index in [4.69, 9.17) is 19.6 Å². The smallest absolute Gasteiger partial charge is 0.376 e. The van der Waals surface area contributed by atoms with Crippen LogP contribution in [0.2, 0.25) is 0 Å². The molecule has 0 saturated heterocycles. The molecule has 0 radical (unpaired) electrons. The summed E-state index contributed by atoms with van der Waals surface area (Å²) in [6.45, 7) is 2.23. The third-order valence-corrected chi connectivity index (χ3v) is 2.22. The Labute approximate surface area is 98.1 Å². The fourth-order valence-corrected chi connectivity index (χ4v) is 1.41. The summed E-state index contributed by atoms with van der Waals surface area (Å²) >= 11 is 0. The van der Waals surface area contributed by atoms with Gasteiger partial charge in [-0.3, -0.25) is 0 Å². The summed E-state index contributed by atoms with van der Waals surface area (Å²) in [5, 5.41) is 0.772. The minimum absolute atomic E-state index is 0.0749. The largest absolute Gasteiger partial charge is 0.449 e. The zero-order valence-electron chi connectivity index (χ0n) is 9.43. The molecule has 0 spiro atoms. The van der Waals surface area contributed by atoms with E-state index in [0.29, 0.717) is 17.9 Å². The topological polar surface area (TPSA) is 74.7 Å². The van der Waals surface area contributed by atoms with Crippen molar-refractivity contribution in [3.8, 4) is 0 Å². The first-order valence-corrected chi connectivity index (χ1v) is 5.24. The fourth-order valence-electron chi connectivity index (χ4n) is 1.41. The van der Waals surface area contributed by atoms with Crippen molar-refractivity contribution in [1.82, 2.24) is 0 Å². The van der Waals surface area contributed by atoms with Gasteiger partial charge >= 0.3 is 5.97 Å². The standard InChI is InChI=1S/C12H13NO4/c1-2-15-7-16-12(14)11-6-8-5-9(13)3-4-10(8)17-11/h3-6H,2,7,13H2,1H3. The zero-order chi connectivity index (χ0) is 12.3. The second kappa shape index (κ2) is 4.88. The van der Waals surface area contributed by atoms with Crippen molar-refractivity contribution in [3.63, 3.8) is 0 Å². The molecular formula is C12H13NO4. The van der Waals surface area contributed by atoms with Crippen LogP contribution in [0.1, 0.15) is 17.5 Å². The second-order valence-corrected chi connectivity index (χ2v) is 3.45. The van der Waals surface area contributed by atoms with Crippen molar-refractivity contribution in [3.05, 3.63) is 30.0 Å². The maximum absolute atomic E-state index is 11.5. The first-order valence-electron chi connectivity index (χ1n) is 5.24. The summed E-state index contributed by atoms with van der Waals surface area (Å²) < 4.78 is 15.1. The van der Waals surface area contributed by atoms with E-state index in [1.807, 2.05) is 6.92 Å². The van der Waals surface area contributed by atoms with Gasteiger partial charge in [-0.25, -0.2) is 4.79 Å². The Morgan fingerprint density at radius 2 is 2.24 bits per heavy atom. The maximum atomic E-state index is 11.5. The number of esters is 1. The van der Waals surface area contributed by atoms with Gasteiger partial charge in [0.2, 0.25) is 5.76 Å². The number of anilines is 1. The van der Waals surface area contributed by atoms with Gasteiger partial charge in [-0.2, -0.15) is 0 Å². The Kier molecular flexibility index (Phi) is 3.30. The van der Waals surface area contributed by atoms with E-state index < -0.39 is 5.97 Å². The normalized spacial score (nSPS) is 10.6. The van der Waals surface area contributed by atoms with Crippen molar-refractivity contribution >= 4 is 22.6 Å². The first kappa shape index (κ1) is 11.5. The van der Waals surface area contributed by atoms with Gasteiger partial charge in [-0.1, -0.05) is 0 Å². The third kappa shape index (κ3) is 2.57. The highest BCUT2D eigenvalue weighted by Crippen LogP contribution is 2.22. The Bertz CT molecular complexity index is 532. The van der Waals surface area contributed by atoms with Gasteiger partial charge in [-0.15, -0.1) is 0 Å². The van der Waals surface area contributed by atoms with Crippen molar-refractivity contribution < 1.29 is 18.7 Å². The second-order valence-electron chi connectivity index (χ2n) is 3.45. The number of carbonyl (C=O) groups excluding carboxylic acids is 1. The van der Waals surface area contributed by atoms with Crippen molar-refractivity contribution in [2.75, 3.05) is 19.1 Å². The van der Waals surface area contributed by atoms with Gasteiger partial charge < -0.3 is 19.6 Å². The number of benzene rings is 1. The van der Waals surface area contributed by atoms with E-state index >= 15 is 0 Å². The molecular weight excluding hydrogens is 222 g/mol. The summed E-state index contributed by atoms with van der Waals surface area (Å²) in [6.07, 6.45) is 0. The molecule has 0 unspecified atom stereocenters. The van der Waals surface area contributed by atoms with Crippen LogP contribution in [-0.4, -0.2) is 19.4 Å². The Morgan fingerprint density at radius 1 is 1.41 bits per heavy atom. The van der Waals surface area contributed by atoms with Crippen LogP contribution in [-0.2, 0) is 9.47 Å². The van der Waals surface area contributed by atoms with Crippen LogP contribution >= 0.6 is 0 Å². The molecule has 0 aliphatic rings. The molecule has 5 nitrogen and oxygen atoms in total. The van der Waals surface area contributed by atoms with E-state index in [-0.39, 0.29) is 12.6 Å². The van der Waals surface area contributed by atoms with Gasteiger partial charge in [-0.05, 0) is 31.2 Å². The van der Waals surface area contributed by atoms with Gasteiger partial charge in [0.15, 0.2) is 6.79 Å². The van der Waals surface area contributed by atoms with E-state index in [0.717, 1.165) is 5.39 Å². The average molecular weight is 235 g/mol. The molecule has 0 saturated carbocycles. The minimum Gasteiger partial charge on any atom is -0.449 e. The van der Waals surface area contributed by atoms with Gasteiger partial charge in [0.25, 0.3) is 0 Å². The average Bonchev–Trinajstić information content (AvgIpc) is 2.72. The number of ether oxygens (including phenoxy) is 2. The quantitative estimate of drug-likeness (QED) is 0.380. The highest BCUT2D eigenvalue weighted by Gasteiger charge is 2.13. The third-order valence-electron chi connectivity index (χ3n) is 2.22. The van der Waals surface area contributed by atoms with E-state index in [9.17, 15) is 4.79 Å². The van der Waals surface area contributed by atoms with Gasteiger partial charge in [0, 0.05) is 17.7 Å². The van der Waals surface area contributed by atoms with Crippen LogP contribution in [0.3, 0.4) is 0 Å². The molecule has 0 bridgehead atoms. The zero-order valence-corrected chi connectivity index (χ0v) is 9.43. The lowest BCUT2D eigenvalue weighted by Gasteiger charge is -2.01. The molecule has 0 aliphatic carbocycles. The number of nitrogens with two attached hydrogens (primary N) is 1. The molecule has 2 aromatic rings. The predicted molar refractivity (Wildman–Crippen MR) is 62.5 cm³/mol. The summed E-state index contributed by atoms with van der Waals surface area (Å²) in [5.74, 6) is -0.404. The molecule has 5 heteroatoms. The Hall–Kier alpha value is -2.01. The number of hydrogen-bond acceptors (Lipinski definition) is 5. The number of rotatable bonds is 4. The number of furan rings is 1. The van der Waals surface area contributed by atoms with E-state index in [2.05, 4.69) is 0 Å². The summed E-state index contributed by atoms with van der Waals surface area (Å²) in [5.41, 5.74) is 6.85. The predicted octanol–water partition coefficient (Wildman–Crippen LogP) is 2.17. The SMILES string of the molecule is CCOCOC(=O)c1cc2cc(N)ccc2o1. The lowest BCUT2D eigenvalue weighted by atomic mass is 10.2. The monoisotopic (exact) mass is 235 g/mol. The molecule has 0 aliphatic heterocycles. The fraction of sp³-hybridized carbons (Fsp3) is 0.250. The van der Waals surface area contributed by atoms with Crippen molar-refractivity contribution in [2.45, 2.75) is 6.92 Å². The van der Waals surface area contributed by atoms with Crippen LogP contribution in [0.5, 0.6) is 0 Å². The van der Waals surface area contributed by atoms with Crippen LogP contribution in [0, 0.1) is 0 Å². The molecule has 1 aromatic heterocycles. The molecule has 1 aromatic carbocycles. The van der Waals surface area contributed by atoms with Crippen LogP contribution in [0.15, 0.2) is 28.7 Å². The van der Waals surface area contributed by atoms with E-state index in [1.54, 1.807) is 24.3 Å². The molecule has 2 rings (SSSR count). The van der Waals surface area contributed by atoms with Crippen LogP contribution in [0.25, 0.3) is 11.0 Å². The van der Waals surface area contributed by atoms with Gasteiger partial charge in [0.05, 0.1) is 0 Å².